The van der Waals surface area contributed by atoms with Gasteiger partial charge in [0.2, 0.25) is 11.0 Å². The maximum absolute atomic E-state index is 11.8. The van der Waals surface area contributed by atoms with Crippen molar-refractivity contribution in [2.75, 3.05) is 5.75 Å². The SMILES string of the molecule is CCc1nccn1CC(=O)N[C@@H]1CCSC1=O. The lowest BCUT2D eigenvalue weighted by molar-refractivity contribution is -0.125. The minimum Gasteiger partial charge on any atom is -0.344 e. The van der Waals surface area contributed by atoms with Gasteiger partial charge in [-0.15, -0.1) is 0 Å². The van der Waals surface area contributed by atoms with Crippen LogP contribution in [-0.2, 0) is 22.6 Å². The van der Waals surface area contributed by atoms with Gasteiger partial charge in [0.1, 0.15) is 12.4 Å². The van der Waals surface area contributed by atoms with E-state index >= 15 is 0 Å². The van der Waals surface area contributed by atoms with Crippen molar-refractivity contribution in [2.45, 2.75) is 32.4 Å². The summed E-state index contributed by atoms with van der Waals surface area (Å²) in [4.78, 5) is 27.3. The summed E-state index contributed by atoms with van der Waals surface area (Å²) in [5.74, 6) is 1.56. The summed E-state index contributed by atoms with van der Waals surface area (Å²) in [6.45, 7) is 2.23. The molecule has 1 atom stereocenters. The van der Waals surface area contributed by atoms with Gasteiger partial charge in [0.15, 0.2) is 0 Å². The normalized spacial score (nSPS) is 19.6. The summed E-state index contributed by atoms with van der Waals surface area (Å²) in [5.41, 5.74) is 0. The molecule has 0 spiro atoms. The number of hydrogen-bond acceptors (Lipinski definition) is 4. The molecule has 17 heavy (non-hydrogen) atoms. The standard InChI is InChI=1S/C11H15N3O2S/c1-2-9-12-4-5-14(9)7-10(15)13-8-3-6-17-11(8)16/h4-5,8H,2-3,6-7H2,1H3,(H,13,15)/t8-/m1/s1. The molecule has 2 rings (SSSR count). The number of thioether (sulfide) groups is 1. The van der Waals surface area contributed by atoms with Crippen LogP contribution in [0.3, 0.4) is 0 Å². The smallest absolute Gasteiger partial charge is 0.240 e. The summed E-state index contributed by atoms with van der Waals surface area (Å²) in [5, 5.41) is 2.83. The number of imidazole rings is 1. The van der Waals surface area contributed by atoms with Crippen LogP contribution in [0.1, 0.15) is 19.2 Å². The monoisotopic (exact) mass is 253 g/mol. The molecule has 1 N–H and O–H groups in total. The van der Waals surface area contributed by atoms with Gasteiger partial charge in [0, 0.05) is 24.6 Å². The van der Waals surface area contributed by atoms with E-state index in [1.807, 2.05) is 11.5 Å². The highest BCUT2D eigenvalue weighted by Gasteiger charge is 2.26. The first-order valence-electron chi connectivity index (χ1n) is 5.66. The molecule has 1 fully saturated rings. The first kappa shape index (κ1) is 12.2. The topological polar surface area (TPSA) is 64.0 Å². The number of nitrogens with zero attached hydrogens (tertiary/aromatic N) is 2. The Bertz CT molecular complexity index is 430. The fourth-order valence-corrected chi connectivity index (χ4v) is 2.75. The Hall–Kier alpha value is -1.30. The summed E-state index contributed by atoms with van der Waals surface area (Å²) in [6, 6.07) is -0.305. The summed E-state index contributed by atoms with van der Waals surface area (Å²) in [6.07, 6.45) is 4.99. The van der Waals surface area contributed by atoms with Gasteiger partial charge in [-0.1, -0.05) is 18.7 Å². The number of hydrogen-bond donors (Lipinski definition) is 1. The molecular weight excluding hydrogens is 238 g/mol. The average molecular weight is 253 g/mol. The predicted molar refractivity (Wildman–Crippen MR) is 65.6 cm³/mol. The minimum absolute atomic E-state index is 0.0692. The molecule has 6 heteroatoms. The predicted octanol–water partition coefficient (Wildman–Crippen LogP) is 0.594. The minimum atomic E-state index is -0.305. The van der Waals surface area contributed by atoms with E-state index in [2.05, 4.69) is 10.3 Å². The molecule has 1 aliphatic heterocycles. The Kier molecular flexibility index (Phi) is 3.83. The molecule has 2 heterocycles. The van der Waals surface area contributed by atoms with E-state index in [1.54, 1.807) is 12.4 Å². The number of carbonyl (C=O) groups excluding carboxylic acids is 2. The Balaban J connectivity index is 1.91. The summed E-state index contributed by atoms with van der Waals surface area (Å²) < 4.78 is 1.81. The van der Waals surface area contributed by atoms with Crippen LogP contribution in [0.15, 0.2) is 12.4 Å². The lowest BCUT2D eigenvalue weighted by Gasteiger charge is -2.11. The molecule has 5 nitrogen and oxygen atoms in total. The van der Waals surface area contributed by atoms with Crippen molar-refractivity contribution in [3.63, 3.8) is 0 Å². The molecule has 1 aromatic heterocycles. The van der Waals surface area contributed by atoms with Crippen LogP contribution < -0.4 is 5.32 Å². The molecule has 1 aromatic rings. The zero-order valence-electron chi connectivity index (χ0n) is 9.68. The van der Waals surface area contributed by atoms with Gasteiger partial charge < -0.3 is 9.88 Å². The van der Waals surface area contributed by atoms with Gasteiger partial charge in [0.25, 0.3) is 0 Å². The van der Waals surface area contributed by atoms with E-state index in [1.165, 1.54) is 11.8 Å². The highest BCUT2D eigenvalue weighted by atomic mass is 32.2. The molecule has 0 bridgehead atoms. The van der Waals surface area contributed by atoms with Crippen LogP contribution >= 0.6 is 11.8 Å². The third-order valence-corrected chi connectivity index (χ3v) is 3.71. The second kappa shape index (κ2) is 5.35. The zero-order valence-corrected chi connectivity index (χ0v) is 10.5. The van der Waals surface area contributed by atoms with Crippen molar-refractivity contribution in [3.8, 4) is 0 Å². The molecular formula is C11H15N3O2S. The van der Waals surface area contributed by atoms with Gasteiger partial charge in [-0.05, 0) is 6.42 Å². The van der Waals surface area contributed by atoms with Crippen LogP contribution in [0.4, 0.5) is 0 Å². The third kappa shape index (κ3) is 2.88. The lowest BCUT2D eigenvalue weighted by Crippen LogP contribution is -2.39. The third-order valence-electron chi connectivity index (χ3n) is 2.70. The average Bonchev–Trinajstić information content (AvgIpc) is 2.89. The van der Waals surface area contributed by atoms with Crippen LogP contribution in [-0.4, -0.2) is 32.4 Å². The van der Waals surface area contributed by atoms with Gasteiger partial charge in [-0.2, -0.15) is 0 Å². The zero-order chi connectivity index (χ0) is 12.3. The molecule has 1 aliphatic rings. The van der Waals surface area contributed by atoms with E-state index in [0.29, 0.717) is 0 Å². The van der Waals surface area contributed by atoms with Crippen molar-refractivity contribution >= 4 is 22.8 Å². The van der Waals surface area contributed by atoms with Crippen LogP contribution in [0, 0.1) is 0 Å². The second-order valence-electron chi connectivity index (χ2n) is 3.90. The Labute approximate surface area is 104 Å². The van der Waals surface area contributed by atoms with Crippen molar-refractivity contribution in [3.05, 3.63) is 18.2 Å². The largest absolute Gasteiger partial charge is 0.344 e. The van der Waals surface area contributed by atoms with Crippen LogP contribution in [0.25, 0.3) is 0 Å². The highest BCUT2D eigenvalue weighted by molar-refractivity contribution is 8.14. The van der Waals surface area contributed by atoms with Crippen LogP contribution in [0.2, 0.25) is 0 Å². The Morgan fingerprint density at radius 1 is 1.71 bits per heavy atom. The van der Waals surface area contributed by atoms with Gasteiger partial charge in [0.05, 0.1) is 6.04 Å². The molecule has 92 valence electrons. The number of amides is 1. The molecule has 0 unspecified atom stereocenters. The van der Waals surface area contributed by atoms with E-state index in [4.69, 9.17) is 0 Å². The first-order chi connectivity index (χ1) is 8.20. The number of aromatic nitrogens is 2. The Morgan fingerprint density at radius 2 is 2.53 bits per heavy atom. The van der Waals surface area contributed by atoms with Crippen molar-refractivity contribution < 1.29 is 9.59 Å². The Morgan fingerprint density at radius 3 is 3.18 bits per heavy atom. The van der Waals surface area contributed by atoms with Gasteiger partial charge in [-0.3, -0.25) is 9.59 Å². The number of carbonyl (C=O) groups is 2. The highest BCUT2D eigenvalue weighted by Crippen LogP contribution is 2.19. The summed E-state index contributed by atoms with van der Waals surface area (Å²) >= 11 is 1.29. The molecule has 0 aliphatic carbocycles. The van der Waals surface area contributed by atoms with Gasteiger partial charge >= 0.3 is 0 Å². The van der Waals surface area contributed by atoms with E-state index in [-0.39, 0.29) is 23.6 Å². The number of rotatable bonds is 4. The first-order valence-corrected chi connectivity index (χ1v) is 6.65. The fourth-order valence-electron chi connectivity index (χ4n) is 1.82. The van der Waals surface area contributed by atoms with Crippen molar-refractivity contribution in [2.24, 2.45) is 0 Å². The van der Waals surface area contributed by atoms with E-state index < -0.39 is 0 Å². The quantitative estimate of drug-likeness (QED) is 0.853. The number of nitrogens with one attached hydrogen (secondary N) is 1. The molecule has 0 saturated carbocycles. The maximum atomic E-state index is 11.8. The molecule has 0 radical (unpaired) electrons. The van der Waals surface area contributed by atoms with Crippen molar-refractivity contribution in [1.82, 2.24) is 14.9 Å². The fraction of sp³-hybridized carbons (Fsp3) is 0.545. The summed E-state index contributed by atoms with van der Waals surface area (Å²) in [7, 11) is 0. The molecule has 1 saturated heterocycles. The van der Waals surface area contributed by atoms with Crippen LogP contribution in [0.5, 0.6) is 0 Å². The maximum Gasteiger partial charge on any atom is 0.240 e. The van der Waals surface area contributed by atoms with E-state index in [9.17, 15) is 9.59 Å². The second-order valence-corrected chi connectivity index (χ2v) is 5.00. The lowest BCUT2D eigenvalue weighted by atomic mass is 10.2. The van der Waals surface area contributed by atoms with E-state index in [0.717, 1.165) is 24.4 Å². The van der Waals surface area contributed by atoms with Gasteiger partial charge in [-0.25, -0.2) is 4.98 Å². The molecule has 1 amide bonds. The number of aryl methyl sites for hydroxylation is 1. The molecule has 0 aromatic carbocycles. The van der Waals surface area contributed by atoms with Crippen molar-refractivity contribution in [1.29, 1.82) is 0 Å².